The minimum Gasteiger partial charge on any atom is -0.495 e. The van der Waals surface area contributed by atoms with Crippen molar-refractivity contribution in [3.05, 3.63) is 53.9 Å². The number of ether oxygens (including phenoxy) is 1. The minimum absolute atomic E-state index is 0.0212. The first kappa shape index (κ1) is 35.3. The Balaban J connectivity index is 1.48. The van der Waals surface area contributed by atoms with E-state index in [-0.39, 0.29) is 72.6 Å². The SMILES string of the molecule is CCOP(=O)(Cc1ccc(Nc2ncc(C(F)(F)F)c(Nc3ccc(N4CCS(=O)(=O)CC4)c4cn(C)c(O)c34)n2)c(OC)c1)OCC. The first-order valence-corrected chi connectivity index (χ1v) is 18.5. The third-order valence-electron chi connectivity index (χ3n) is 7.68. The Morgan fingerprint density at radius 1 is 1.04 bits per heavy atom. The maximum atomic E-state index is 14.2. The molecule has 0 atom stereocenters. The van der Waals surface area contributed by atoms with Crippen molar-refractivity contribution in [1.29, 1.82) is 0 Å². The average Bonchev–Trinajstić information content (AvgIpc) is 3.32. The number of aromatic hydroxyl groups is 1. The number of sulfone groups is 1. The van der Waals surface area contributed by atoms with Crippen molar-refractivity contribution in [2.45, 2.75) is 26.2 Å². The van der Waals surface area contributed by atoms with E-state index in [1.54, 1.807) is 51.4 Å². The number of nitrogens with zero attached hydrogens (tertiary/aromatic N) is 4. The lowest BCUT2D eigenvalue weighted by atomic mass is 10.1. The molecule has 13 nitrogen and oxygen atoms in total. The zero-order chi connectivity index (χ0) is 34.9. The van der Waals surface area contributed by atoms with Gasteiger partial charge in [-0.05, 0) is 43.7 Å². The Hall–Kier alpha value is -4.05. The summed E-state index contributed by atoms with van der Waals surface area (Å²) in [5, 5.41) is 17.3. The van der Waals surface area contributed by atoms with Crippen LogP contribution in [0.2, 0.25) is 0 Å². The van der Waals surface area contributed by atoms with E-state index in [2.05, 4.69) is 20.6 Å². The Morgan fingerprint density at radius 2 is 1.71 bits per heavy atom. The normalized spacial score (nSPS) is 15.1. The van der Waals surface area contributed by atoms with Crippen molar-refractivity contribution in [1.82, 2.24) is 14.5 Å². The number of hydrogen-bond donors (Lipinski definition) is 3. The minimum atomic E-state index is -4.83. The van der Waals surface area contributed by atoms with Crippen LogP contribution in [0.25, 0.3) is 10.8 Å². The van der Waals surface area contributed by atoms with Gasteiger partial charge in [-0.2, -0.15) is 18.2 Å². The molecule has 3 heterocycles. The summed E-state index contributed by atoms with van der Waals surface area (Å²) in [5.41, 5.74) is 0.538. The van der Waals surface area contributed by atoms with Gasteiger partial charge in [-0.15, -0.1) is 0 Å². The van der Waals surface area contributed by atoms with E-state index in [1.165, 1.54) is 17.7 Å². The van der Waals surface area contributed by atoms with Crippen molar-refractivity contribution in [2.75, 3.05) is 60.5 Å². The van der Waals surface area contributed by atoms with Crippen LogP contribution in [0.5, 0.6) is 11.6 Å². The number of rotatable bonds is 12. The van der Waals surface area contributed by atoms with Gasteiger partial charge in [-0.1, -0.05) is 6.07 Å². The van der Waals surface area contributed by atoms with Crippen LogP contribution in [0, 0.1) is 0 Å². The quantitative estimate of drug-likeness (QED) is 0.143. The fourth-order valence-corrected chi connectivity index (χ4v) is 8.31. The van der Waals surface area contributed by atoms with E-state index in [4.69, 9.17) is 13.8 Å². The van der Waals surface area contributed by atoms with Crippen molar-refractivity contribution in [3.63, 3.8) is 0 Å². The van der Waals surface area contributed by atoms with Gasteiger partial charge in [-0.3, -0.25) is 4.57 Å². The molecule has 1 aliphatic heterocycles. The number of methoxy groups -OCH3 is 1. The molecule has 48 heavy (non-hydrogen) atoms. The number of halogens is 3. The summed E-state index contributed by atoms with van der Waals surface area (Å²) in [6.45, 7) is 4.28. The molecule has 0 aliphatic carbocycles. The topological polar surface area (TPSA) is 157 Å². The molecular formula is C30H36F3N6O7PS. The molecule has 3 N–H and O–H groups in total. The molecule has 1 aliphatic rings. The van der Waals surface area contributed by atoms with E-state index in [0.29, 0.717) is 28.5 Å². The first-order chi connectivity index (χ1) is 22.7. The predicted octanol–water partition coefficient (Wildman–Crippen LogP) is 6.19. The second-order valence-corrected chi connectivity index (χ2v) is 15.3. The van der Waals surface area contributed by atoms with Gasteiger partial charge in [-0.25, -0.2) is 13.4 Å². The second-order valence-electron chi connectivity index (χ2n) is 11.0. The number of anilines is 5. The van der Waals surface area contributed by atoms with Gasteiger partial charge >= 0.3 is 13.8 Å². The van der Waals surface area contributed by atoms with Crippen LogP contribution < -0.4 is 20.3 Å². The highest BCUT2D eigenvalue weighted by atomic mass is 32.2. The third kappa shape index (κ3) is 7.64. The number of benzene rings is 2. The molecule has 2 aromatic heterocycles. The van der Waals surface area contributed by atoms with Crippen LogP contribution in [-0.2, 0) is 42.8 Å². The van der Waals surface area contributed by atoms with Gasteiger partial charge in [0, 0.05) is 43.6 Å². The van der Waals surface area contributed by atoms with Crippen molar-refractivity contribution < 1.29 is 45.0 Å². The van der Waals surface area contributed by atoms with Crippen molar-refractivity contribution >= 4 is 57.0 Å². The number of aryl methyl sites for hydroxylation is 1. The number of nitrogens with one attached hydrogen (secondary N) is 2. The summed E-state index contributed by atoms with van der Waals surface area (Å²) in [6, 6.07) is 8.01. The molecule has 0 saturated carbocycles. The fraction of sp³-hybridized carbons (Fsp3) is 0.400. The molecule has 260 valence electrons. The Morgan fingerprint density at radius 3 is 2.33 bits per heavy atom. The molecule has 1 saturated heterocycles. The average molecular weight is 713 g/mol. The molecule has 4 aromatic rings. The first-order valence-electron chi connectivity index (χ1n) is 15.0. The zero-order valence-electron chi connectivity index (χ0n) is 26.7. The third-order valence-corrected chi connectivity index (χ3v) is 11.3. The van der Waals surface area contributed by atoms with Gasteiger partial charge in [0.15, 0.2) is 9.84 Å². The van der Waals surface area contributed by atoms with E-state index >= 15 is 0 Å². The number of alkyl halides is 3. The summed E-state index contributed by atoms with van der Waals surface area (Å²) in [6.07, 6.45) is -2.58. The molecule has 0 radical (unpaired) electrons. The molecule has 0 spiro atoms. The van der Waals surface area contributed by atoms with Crippen LogP contribution in [-0.4, -0.2) is 73.0 Å². The van der Waals surface area contributed by atoms with Crippen LogP contribution in [0.4, 0.5) is 42.0 Å². The molecule has 18 heteroatoms. The van der Waals surface area contributed by atoms with Gasteiger partial charge in [0.05, 0.1) is 54.8 Å². The smallest absolute Gasteiger partial charge is 0.421 e. The Labute approximate surface area is 275 Å². The largest absolute Gasteiger partial charge is 0.495 e. The van der Waals surface area contributed by atoms with Crippen LogP contribution in [0.3, 0.4) is 0 Å². The lowest BCUT2D eigenvalue weighted by Crippen LogP contribution is -2.40. The molecule has 0 unspecified atom stereocenters. The van der Waals surface area contributed by atoms with E-state index in [0.717, 1.165) is 0 Å². The predicted molar refractivity (Wildman–Crippen MR) is 177 cm³/mol. The summed E-state index contributed by atoms with van der Waals surface area (Å²) in [7, 11) is -3.58. The van der Waals surface area contributed by atoms with Gasteiger partial charge in [0.1, 0.15) is 17.1 Å². The standard InChI is InChI=1S/C30H36F3N6O7PS/c1-5-45-47(41,46-6-2)18-19-7-8-22(25(15-19)44-4)36-29-34-16-21(30(31,32)33)27(37-29)35-23-9-10-24(20-17-38(3)28(40)26(20)23)39-11-13-48(42,43)14-12-39/h7-10,15-17,40H,5-6,11-14,18H2,1-4H3,(H2,34,35,36,37). The Kier molecular flexibility index (Phi) is 10.2. The van der Waals surface area contributed by atoms with Gasteiger partial charge in [0.25, 0.3) is 0 Å². The summed E-state index contributed by atoms with van der Waals surface area (Å²) >= 11 is 0. The van der Waals surface area contributed by atoms with E-state index in [9.17, 15) is 31.3 Å². The van der Waals surface area contributed by atoms with Gasteiger partial charge in [0.2, 0.25) is 11.8 Å². The van der Waals surface area contributed by atoms with Crippen LogP contribution >= 0.6 is 7.60 Å². The van der Waals surface area contributed by atoms with Crippen molar-refractivity contribution in [3.8, 4) is 11.6 Å². The molecule has 1 fully saturated rings. The maximum absolute atomic E-state index is 14.2. The Bertz CT molecular complexity index is 1950. The summed E-state index contributed by atoms with van der Waals surface area (Å²) in [5.74, 6) is -0.760. The lowest BCUT2D eigenvalue weighted by Gasteiger charge is -2.29. The molecule has 0 bridgehead atoms. The van der Waals surface area contributed by atoms with Crippen LogP contribution in [0.15, 0.2) is 42.7 Å². The lowest BCUT2D eigenvalue weighted by molar-refractivity contribution is -0.137. The number of aromatic nitrogens is 3. The highest BCUT2D eigenvalue weighted by Gasteiger charge is 2.36. The summed E-state index contributed by atoms with van der Waals surface area (Å²) in [4.78, 5) is 9.90. The maximum Gasteiger partial charge on any atom is 0.421 e. The number of fused-ring (bicyclic) bond motifs is 1. The second kappa shape index (κ2) is 13.8. The van der Waals surface area contributed by atoms with Crippen molar-refractivity contribution in [2.24, 2.45) is 7.05 Å². The van der Waals surface area contributed by atoms with E-state index < -0.39 is 35.0 Å². The highest BCUT2D eigenvalue weighted by molar-refractivity contribution is 7.91. The van der Waals surface area contributed by atoms with E-state index in [1.807, 2.05) is 4.90 Å². The summed E-state index contributed by atoms with van der Waals surface area (Å²) < 4.78 is 97.2. The zero-order valence-corrected chi connectivity index (χ0v) is 28.4. The van der Waals surface area contributed by atoms with Gasteiger partial charge < -0.3 is 39.0 Å². The highest BCUT2D eigenvalue weighted by Crippen LogP contribution is 2.52. The fourth-order valence-electron chi connectivity index (χ4n) is 5.42. The number of hydrogen-bond acceptors (Lipinski definition) is 12. The molecule has 5 rings (SSSR count). The molecular weight excluding hydrogens is 676 g/mol. The van der Waals surface area contributed by atoms with Crippen LogP contribution in [0.1, 0.15) is 25.0 Å². The molecule has 2 aromatic carbocycles. The monoisotopic (exact) mass is 712 g/mol. The molecule has 0 amide bonds.